The summed E-state index contributed by atoms with van der Waals surface area (Å²) in [5, 5.41) is 3.24. The smallest absolute Gasteiger partial charge is 0.234 e. The van der Waals surface area contributed by atoms with Crippen molar-refractivity contribution in [2.75, 3.05) is 17.3 Å². The molecule has 0 unspecified atom stereocenters. The van der Waals surface area contributed by atoms with Gasteiger partial charge in [0, 0.05) is 23.3 Å². The highest BCUT2D eigenvalue weighted by molar-refractivity contribution is 7.99. The predicted octanol–water partition coefficient (Wildman–Crippen LogP) is 2.54. The first-order valence-electron chi connectivity index (χ1n) is 7.21. The number of carbonyl (C=O) groups is 1. The number of hydrogen-bond acceptors (Lipinski definition) is 6. The van der Waals surface area contributed by atoms with Crippen molar-refractivity contribution in [2.45, 2.75) is 30.8 Å². The molecule has 0 atom stereocenters. The normalized spacial score (nSPS) is 11.3. The third-order valence-corrected chi connectivity index (χ3v) is 5.45. The van der Waals surface area contributed by atoms with Gasteiger partial charge in [-0.05, 0) is 44.5 Å². The number of thioether (sulfide) groups is 1. The van der Waals surface area contributed by atoms with Crippen molar-refractivity contribution in [3.05, 3.63) is 41.2 Å². The van der Waals surface area contributed by atoms with Gasteiger partial charge in [-0.3, -0.25) is 4.79 Å². The van der Waals surface area contributed by atoms with Gasteiger partial charge in [0.05, 0.1) is 10.6 Å². The molecule has 1 aromatic heterocycles. The summed E-state index contributed by atoms with van der Waals surface area (Å²) in [6.07, 6.45) is 1.13. The maximum Gasteiger partial charge on any atom is 0.234 e. The zero-order chi connectivity index (χ0) is 17.9. The Bertz CT molecular complexity index is 857. The van der Waals surface area contributed by atoms with E-state index in [0.29, 0.717) is 10.8 Å². The lowest BCUT2D eigenvalue weighted by molar-refractivity contribution is -0.113. The van der Waals surface area contributed by atoms with E-state index in [0.717, 1.165) is 23.2 Å². The first-order valence-corrected chi connectivity index (χ1v) is 10.1. The summed E-state index contributed by atoms with van der Waals surface area (Å²) in [6.45, 7) is 5.77. The molecule has 0 saturated carbocycles. The fourth-order valence-corrected chi connectivity index (χ4v) is 3.34. The minimum atomic E-state index is -3.31. The number of nitrogens with zero attached hydrogens (tertiary/aromatic N) is 2. The number of rotatable bonds is 5. The third kappa shape index (κ3) is 4.78. The summed E-state index contributed by atoms with van der Waals surface area (Å²) in [4.78, 5) is 20.9. The topological polar surface area (TPSA) is 89.0 Å². The van der Waals surface area contributed by atoms with E-state index >= 15 is 0 Å². The number of carbonyl (C=O) groups excluding carboxylic acids is 1. The molecule has 24 heavy (non-hydrogen) atoms. The van der Waals surface area contributed by atoms with Crippen molar-refractivity contribution in [1.82, 2.24) is 9.97 Å². The van der Waals surface area contributed by atoms with E-state index in [2.05, 4.69) is 15.3 Å². The molecule has 1 heterocycles. The number of hydrogen-bond donors (Lipinski definition) is 1. The van der Waals surface area contributed by atoms with Crippen LogP contribution in [0.25, 0.3) is 0 Å². The second kappa shape index (κ2) is 7.31. The molecule has 2 aromatic rings. The van der Waals surface area contributed by atoms with Gasteiger partial charge >= 0.3 is 0 Å². The maximum absolute atomic E-state index is 12.0. The molecule has 0 aliphatic rings. The molecule has 1 amide bonds. The largest absolute Gasteiger partial charge is 0.325 e. The number of nitrogens with one attached hydrogen (secondary N) is 1. The Balaban J connectivity index is 2.02. The standard InChI is InChI=1S/C16H19N3O3S2/c1-10-11(2)17-16(18-12(10)3)23-9-15(20)19-13-6-5-7-14(8-13)24(4,21)22/h5-8H,9H2,1-4H3,(H,19,20). The molecule has 0 saturated heterocycles. The number of aryl methyl sites for hydroxylation is 2. The second-order valence-corrected chi connectivity index (χ2v) is 8.40. The van der Waals surface area contributed by atoms with Crippen molar-refractivity contribution in [1.29, 1.82) is 0 Å². The lowest BCUT2D eigenvalue weighted by Gasteiger charge is -2.08. The lowest BCUT2D eigenvalue weighted by atomic mass is 10.2. The average molecular weight is 365 g/mol. The Kier molecular flexibility index (Phi) is 5.61. The van der Waals surface area contributed by atoms with E-state index in [1.165, 1.54) is 23.9 Å². The Hall–Kier alpha value is -1.93. The van der Waals surface area contributed by atoms with Crippen molar-refractivity contribution in [2.24, 2.45) is 0 Å². The van der Waals surface area contributed by atoms with Crippen LogP contribution in [0.1, 0.15) is 17.0 Å². The zero-order valence-electron chi connectivity index (χ0n) is 14.0. The van der Waals surface area contributed by atoms with Crippen LogP contribution >= 0.6 is 11.8 Å². The molecule has 8 heteroatoms. The van der Waals surface area contributed by atoms with E-state index in [-0.39, 0.29) is 16.6 Å². The molecule has 0 aliphatic heterocycles. The Morgan fingerprint density at radius 3 is 2.38 bits per heavy atom. The molecule has 0 radical (unpaired) electrons. The van der Waals surface area contributed by atoms with Gasteiger partial charge in [0.1, 0.15) is 0 Å². The van der Waals surface area contributed by atoms with Crippen LogP contribution in [0.4, 0.5) is 5.69 Å². The minimum absolute atomic E-state index is 0.144. The molecule has 0 aliphatic carbocycles. The summed E-state index contributed by atoms with van der Waals surface area (Å²) in [6, 6.07) is 6.17. The van der Waals surface area contributed by atoms with Gasteiger partial charge in [-0.15, -0.1) is 0 Å². The van der Waals surface area contributed by atoms with Gasteiger partial charge in [-0.2, -0.15) is 0 Å². The predicted molar refractivity (Wildman–Crippen MR) is 95.1 cm³/mol. The molecule has 1 N–H and O–H groups in total. The van der Waals surface area contributed by atoms with Gasteiger partial charge in [-0.1, -0.05) is 17.8 Å². The Morgan fingerprint density at radius 1 is 1.17 bits per heavy atom. The highest BCUT2D eigenvalue weighted by atomic mass is 32.2. The van der Waals surface area contributed by atoms with Crippen LogP contribution in [0.15, 0.2) is 34.3 Å². The van der Waals surface area contributed by atoms with E-state index in [1.807, 2.05) is 20.8 Å². The summed E-state index contributed by atoms with van der Waals surface area (Å²) in [5.74, 6) is -0.101. The lowest BCUT2D eigenvalue weighted by Crippen LogP contribution is -2.15. The molecule has 128 valence electrons. The third-order valence-electron chi connectivity index (χ3n) is 3.49. The highest BCUT2D eigenvalue weighted by Gasteiger charge is 2.11. The van der Waals surface area contributed by atoms with Crippen LogP contribution in [0.2, 0.25) is 0 Å². The van der Waals surface area contributed by atoms with Crippen LogP contribution in [0.5, 0.6) is 0 Å². The van der Waals surface area contributed by atoms with E-state index < -0.39 is 9.84 Å². The highest BCUT2D eigenvalue weighted by Crippen LogP contribution is 2.19. The number of aromatic nitrogens is 2. The van der Waals surface area contributed by atoms with Crippen molar-refractivity contribution < 1.29 is 13.2 Å². The number of anilines is 1. The summed E-state index contributed by atoms with van der Waals surface area (Å²) < 4.78 is 23.1. The van der Waals surface area contributed by atoms with Gasteiger partial charge in [-0.25, -0.2) is 18.4 Å². The molecule has 0 fully saturated rings. The second-order valence-electron chi connectivity index (χ2n) is 5.44. The molecule has 0 spiro atoms. The number of sulfone groups is 1. The van der Waals surface area contributed by atoms with Crippen LogP contribution in [0.3, 0.4) is 0 Å². The molecular weight excluding hydrogens is 346 g/mol. The van der Waals surface area contributed by atoms with Crippen molar-refractivity contribution in [3.63, 3.8) is 0 Å². The quantitative estimate of drug-likeness (QED) is 0.647. The molecule has 6 nitrogen and oxygen atoms in total. The van der Waals surface area contributed by atoms with Gasteiger partial charge in [0.2, 0.25) is 5.91 Å². The molecule has 1 aromatic carbocycles. The summed E-state index contributed by atoms with van der Waals surface area (Å²) in [7, 11) is -3.31. The number of benzene rings is 1. The SMILES string of the molecule is Cc1nc(SCC(=O)Nc2cccc(S(C)(=O)=O)c2)nc(C)c1C. The van der Waals surface area contributed by atoms with Crippen molar-refractivity contribution in [3.8, 4) is 0 Å². The van der Waals surface area contributed by atoms with E-state index in [1.54, 1.807) is 12.1 Å². The average Bonchev–Trinajstić information content (AvgIpc) is 2.50. The van der Waals surface area contributed by atoms with Crippen LogP contribution < -0.4 is 5.32 Å². The van der Waals surface area contributed by atoms with E-state index in [4.69, 9.17) is 0 Å². The zero-order valence-corrected chi connectivity index (χ0v) is 15.6. The summed E-state index contributed by atoms with van der Waals surface area (Å²) in [5.41, 5.74) is 3.28. The maximum atomic E-state index is 12.0. The monoisotopic (exact) mass is 365 g/mol. The fraction of sp³-hybridized carbons (Fsp3) is 0.312. The number of amides is 1. The molecule has 2 rings (SSSR count). The molecular formula is C16H19N3O3S2. The van der Waals surface area contributed by atoms with Crippen LogP contribution in [-0.2, 0) is 14.6 Å². The first kappa shape index (κ1) is 18.4. The minimum Gasteiger partial charge on any atom is -0.325 e. The Morgan fingerprint density at radius 2 is 1.79 bits per heavy atom. The van der Waals surface area contributed by atoms with Crippen molar-refractivity contribution >= 4 is 33.2 Å². The van der Waals surface area contributed by atoms with Crippen LogP contribution in [-0.4, -0.2) is 36.3 Å². The van der Waals surface area contributed by atoms with Gasteiger partial charge in [0.15, 0.2) is 15.0 Å². The van der Waals surface area contributed by atoms with Crippen LogP contribution in [0, 0.1) is 20.8 Å². The van der Waals surface area contributed by atoms with E-state index in [9.17, 15) is 13.2 Å². The summed E-state index contributed by atoms with van der Waals surface area (Å²) >= 11 is 1.24. The van der Waals surface area contributed by atoms with Gasteiger partial charge < -0.3 is 5.32 Å². The first-order chi connectivity index (χ1) is 11.2. The Labute approximate surface area is 146 Å². The van der Waals surface area contributed by atoms with Gasteiger partial charge in [0.25, 0.3) is 0 Å². The molecule has 0 bridgehead atoms. The fourth-order valence-electron chi connectivity index (χ4n) is 1.94.